The SMILES string of the molecule is CC(C)C(CCN)CCC(=O)N1CCOCC1C. The Labute approximate surface area is 111 Å². The lowest BCUT2D eigenvalue weighted by Gasteiger charge is -2.34. The number of nitrogens with two attached hydrogens (primary N) is 1. The first-order valence-electron chi connectivity index (χ1n) is 7.13. The monoisotopic (exact) mass is 256 g/mol. The zero-order valence-electron chi connectivity index (χ0n) is 12.0. The lowest BCUT2D eigenvalue weighted by atomic mass is 9.88. The molecule has 1 aliphatic rings. The molecule has 1 saturated heterocycles. The molecule has 1 aliphatic heterocycles. The summed E-state index contributed by atoms with van der Waals surface area (Å²) in [7, 11) is 0. The molecule has 2 N–H and O–H groups in total. The second-order valence-electron chi connectivity index (χ2n) is 5.63. The van der Waals surface area contributed by atoms with Crippen molar-refractivity contribution < 1.29 is 9.53 Å². The molecule has 18 heavy (non-hydrogen) atoms. The molecule has 0 radical (unpaired) electrons. The maximum atomic E-state index is 12.2. The molecule has 0 aromatic carbocycles. The van der Waals surface area contributed by atoms with E-state index in [0.29, 0.717) is 38.0 Å². The molecule has 0 spiro atoms. The van der Waals surface area contributed by atoms with Crippen molar-refractivity contribution >= 4 is 5.91 Å². The molecule has 1 rings (SSSR count). The van der Waals surface area contributed by atoms with Crippen LogP contribution in [-0.2, 0) is 9.53 Å². The third-order valence-corrected chi connectivity index (χ3v) is 3.90. The molecule has 0 bridgehead atoms. The summed E-state index contributed by atoms with van der Waals surface area (Å²) in [5.41, 5.74) is 5.63. The normalized spacial score (nSPS) is 22.3. The zero-order chi connectivity index (χ0) is 13.5. The maximum absolute atomic E-state index is 12.2. The maximum Gasteiger partial charge on any atom is 0.222 e. The summed E-state index contributed by atoms with van der Waals surface area (Å²) in [6.07, 6.45) is 2.62. The molecular weight excluding hydrogens is 228 g/mol. The highest BCUT2D eigenvalue weighted by Gasteiger charge is 2.24. The van der Waals surface area contributed by atoms with Crippen molar-refractivity contribution in [1.82, 2.24) is 4.90 Å². The molecule has 106 valence electrons. The van der Waals surface area contributed by atoms with E-state index in [1.54, 1.807) is 0 Å². The van der Waals surface area contributed by atoms with Crippen molar-refractivity contribution in [2.75, 3.05) is 26.3 Å². The zero-order valence-corrected chi connectivity index (χ0v) is 12.0. The van der Waals surface area contributed by atoms with Crippen LogP contribution in [0.15, 0.2) is 0 Å². The Morgan fingerprint density at radius 3 is 2.72 bits per heavy atom. The predicted molar refractivity (Wildman–Crippen MR) is 73.2 cm³/mol. The molecule has 4 nitrogen and oxygen atoms in total. The fourth-order valence-electron chi connectivity index (χ4n) is 2.58. The molecule has 1 amide bonds. The fraction of sp³-hybridized carbons (Fsp3) is 0.929. The first-order valence-corrected chi connectivity index (χ1v) is 7.13. The predicted octanol–water partition coefficient (Wildman–Crippen LogP) is 1.63. The van der Waals surface area contributed by atoms with Crippen molar-refractivity contribution in [3.8, 4) is 0 Å². The third kappa shape index (κ3) is 4.58. The number of nitrogens with zero attached hydrogens (tertiary/aromatic N) is 1. The Morgan fingerprint density at radius 1 is 1.44 bits per heavy atom. The number of carbonyl (C=O) groups excluding carboxylic acids is 1. The van der Waals surface area contributed by atoms with Crippen LogP contribution in [0, 0.1) is 11.8 Å². The Morgan fingerprint density at radius 2 is 2.17 bits per heavy atom. The van der Waals surface area contributed by atoms with Crippen LogP contribution in [0.2, 0.25) is 0 Å². The number of ether oxygens (including phenoxy) is 1. The quantitative estimate of drug-likeness (QED) is 0.786. The van der Waals surface area contributed by atoms with E-state index in [9.17, 15) is 4.79 Å². The van der Waals surface area contributed by atoms with Crippen LogP contribution >= 0.6 is 0 Å². The second-order valence-corrected chi connectivity index (χ2v) is 5.63. The van der Waals surface area contributed by atoms with Crippen LogP contribution in [0.4, 0.5) is 0 Å². The molecule has 2 unspecified atom stereocenters. The van der Waals surface area contributed by atoms with Crippen LogP contribution in [-0.4, -0.2) is 43.2 Å². The Kier molecular flexibility index (Phi) is 6.65. The highest BCUT2D eigenvalue weighted by atomic mass is 16.5. The molecular formula is C14H28N2O2. The second kappa shape index (κ2) is 7.74. The average molecular weight is 256 g/mol. The van der Waals surface area contributed by atoms with E-state index in [1.165, 1.54) is 0 Å². The van der Waals surface area contributed by atoms with Gasteiger partial charge in [0.25, 0.3) is 0 Å². The van der Waals surface area contributed by atoms with E-state index in [-0.39, 0.29) is 11.9 Å². The van der Waals surface area contributed by atoms with Gasteiger partial charge in [0.2, 0.25) is 5.91 Å². The summed E-state index contributed by atoms with van der Waals surface area (Å²) in [6.45, 7) is 9.27. The first-order chi connectivity index (χ1) is 8.56. The van der Waals surface area contributed by atoms with Gasteiger partial charge in [0.05, 0.1) is 19.3 Å². The van der Waals surface area contributed by atoms with Gasteiger partial charge in [0, 0.05) is 13.0 Å². The number of hydrogen-bond donors (Lipinski definition) is 1. The standard InChI is InChI=1S/C14H28N2O2/c1-11(2)13(6-7-15)4-5-14(17)16-8-9-18-10-12(16)3/h11-13H,4-10,15H2,1-3H3. The van der Waals surface area contributed by atoms with Gasteiger partial charge in [0.1, 0.15) is 0 Å². The summed E-state index contributed by atoms with van der Waals surface area (Å²) in [4.78, 5) is 14.1. The molecule has 1 heterocycles. The lowest BCUT2D eigenvalue weighted by molar-refractivity contribution is -0.139. The fourth-order valence-corrected chi connectivity index (χ4v) is 2.58. The van der Waals surface area contributed by atoms with Gasteiger partial charge in [-0.1, -0.05) is 13.8 Å². The minimum atomic E-state index is 0.221. The summed E-state index contributed by atoms with van der Waals surface area (Å²) in [5, 5.41) is 0. The molecule has 0 aromatic rings. The Hall–Kier alpha value is -0.610. The molecule has 0 aromatic heterocycles. The van der Waals surface area contributed by atoms with Gasteiger partial charge >= 0.3 is 0 Å². The van der Waals surface area contributed by atoms with Crippen LogP contribution in [0.1, 0.15) is 40.0 Å². The third-order valence-electron chi connectivity index (χ3n) is 3.90. The van der Waals surface area contributed by atoms with Crippen LogP contribution in [0.3, 0.4) is 0 Å². The molecule has 0 aliphatic carbocycles. The van der Waals surface area contributed by atoms with Gasteiger partial charge in [0.15, 0.2) is 0 Å². The highest BCUT2D eigenvalue weighted by molar-refractivity contribution is 5.76. The number of hydrogen-bond acceptors (Lipinski definition) is 3. The first kappa shape index (κ1) is 15.4. The van der Waals surface area contributed by atoms with Gasteiger partial charge in [-0.05, 0) is 38.1 Å². The van der Waals surface area contributed by atoms with Gasteiger partial charge < -0.3 is 15.4 Å². The van der Waals surface area contributed by atoms with E-state index < -0.39 is 0 Å². The summed E-state index contributed by atoms with van der Waals surface area (Å²) in [5.74, 6) is 1.44. The van der Waals surface area contributed by atoms with Crippen molar-refractivity contribution in [1.29, 1.82) is 0 Å². The average Bonchev–Trinajstić information content (AvgIpc) is 2.34. The lowest BCUT2D eigenvalue weighted by Crippen LogP contribution is -2.47. The van der Waals surface area contributed by atoms with Gasteiger partial charge in [-0.3, -0.25) is 4.79 Å². The van der Waals surface area contributed by atoms with E-state index >= 15 is 0 Å². The van der Waals surface area contributed by atoms with Crippen LogP contribution < -0.4 is 5.73 Å². The highest BCUT2D eigenvalue weighted by Crippen LogP contribution is 2.21. The van der Waals surface area contributed by atoms with Crippen molar-refractivity contribution in [2.24, 2.45) is 17.6 Å². The van der Waals surface area contributed by atoms with Gasteiger partial charge in [-0.15, -0.1) is 0 Å². The largest absolute Gasteiger partial charge is 0.377 e. The number of carbonyl (C=O) groups is 1. The number of morpholine rings is 1. The van der Waals surface area contributed by atoms with Gasteiger partial charge in [-0.25, -0.2) is 0 Å². The summed E-state index contributed by atoms with van der Waals surface area (Å²) < 4.78 is 5.35. The number of amides is 1. The van der Waals surface area contributed by atoms with Gasteiger partial charge in [-0.2, -0.15) is 0 Å². The minimum absolute atomic E-state index is 0.221. The van der Waals surface area contributed by atoms with Crippen molar-refractivity contribution in [3.63, 3.8) is 0 Å². The minimum Gasteiger partial charge on any atom is -0.377 e. The smallest absolute Gasteiger partial charge is 0.222 e. The molecule has 4 heteroatoms. The molecule has 0 saturated carbocycles. The van der Waals surface area contributed by atoms with Crippen molar-refractivity contribution in [2.45, 2.75) is 46.1 Å². The van der Waals surface area contributed by atoms with Crippen LogP contribution in [0.5, 0.6) is 0 Å². The van der Waals surface area contributed by atoms with E-state index in [0.717, 1.165) is 19.4 Å². The Balaban J connectivity index is 2.38. The molecule has 2 atom stereocenters. The summed E-state index contributed by atoms with van der Waals surface area (Å²) in [6, 6.07) is 0.221. The van der Waals surface area contributed by atoms with E-state index in [1.807, 2.05) is 4.90 Å². The molecule has 1 fully saturated rings. The van der Waals surface area contributed by atoms with E-state index in [2.05, 4.69) is 20.8 Å². The number of rotatable bonds is 6. The Bertz CT molecular complexity index is 256. The van der Waals surface area contributed by atoms with Crippen LogP contribution in [0.25, 0.3) is 0 Å². The summed E-state index contributed by atoms with van der Waals surface area (Å²) >= 11 is 0. The topological polar surface area (TPSA) is 55.6 Å². The van der Waals surface area contributed by atoms with E-state index in [4.69, 9.17) is 10.5 Å². The van der Waals surface area contributed by atoms with Crippen molar-refractivity contribution in [3.05, 3.63) is 0 Å².